The van der Waals surface area contributed by atoms with Crippen molar-refractivity contribution in [3.8, 4) is 143 Å². The molecule has 17 nitrogen and oxygen atoms in total. The van der Waals surface area contributed by atoms with Crippen LogP contribution in [0.4, 0.5) is 5.69 Å². The van der Waals surface area contributed by atoms with Gasteiger partial charge in [0, 0.05) is 104 Å². The van der Waals surface area contributed by atoms with Gasteiger partial charge < -0.3 is 13.7 Å². The second-order valence-electron chi connectivity index (χ2n) is 36.6. The average molecular weight is 1920 g/mol. The van der Waals surface area contributed by atoms with Crippen LogP contribution in [-0.2, 0) is 0 Å². The van der Waals surface area contributed by atoms with Crippen molar-refractivity contribution < 1.29 is 0 Å². The second kappa shape index (κ2) is 39.3. The van der Waals surface area contributed by atoms with Crippen molar-refractivity contribution in [1.82, 2.24) is 67.7 Å². The van der Waals surface area contributed by atoms with E-state index >= 15 is 0 Å². The van der Waals surface area contributed by atoms with E-state index in [1.807, 2.05) is 290 Å². The maximum atomic E-state index is 9.53. The summed E-state index contributed by atoms with van der Waals surface area (Å²) in [5.41, 5.74) is 28.5. The molecule has 702 valence electrons. The standard InChI is InChI=1S/C43H30N2.C34H21N5.2C28H17N5/c1-29-16-24-41-38(26-29)37-23-19-33(28-43(37)45(41)35-21-17-31(18-22-35)30-10-4-2-5-11-30)32-20-25-42-39(27-32)36-14-8-9-15-40(36)44(42)34-12-6-3-7-13-34;35-22-23-15-20-29-28-13-7-8-14-30(28)39(31(29)21-23)27-18-16-26(17-19-27)34-37-32(24-9-3-1-4-10-24)36-33(38-34)25-11-5-2-6-12-25;1-29-21-16-17-25-23(18-21)22-14-8-9-15-24(22)33(25)28-31-26(19-10-4-2-5-11-19)30-27(32-28)20-12-6-3-7-13-20;29-18-19-15-16-23-22-13-7-8-14-24(22)33(25(23)17-19)28-31-26(20-9-3-1-4-10-20)30-27(32-28)21-11-5-2-6-12-21/h2-28H,1H3;1-21H;2-18H;1-17H. The number of benzene rings is 20. The number of hydrogen-bond donors (Lipinski definition) is 0. The minimum atomic E-state index is 0.518. The van der Waals surface area contributed by atoms with Crippen LogP contribution in [0.2, 0.25) is 0 Å². The molecule has 0 N–H and O–H groups in total. The number of nitriles is 2. The molecule has 0 unspecified atom stereocenters. The summed E-state index contributed by atoms with van der Waals surface area (Å²) in [5.74, 6) is 5.37. The molecule has 20 aromatic carbocycles. The number of hydrogen-bond acceptors (Lipinski definition) is 11. The molecule has 0 spiro atoms. The Kier molecular flexibility index (Phi) is 23.6. The van der Waals surface area contributed by atoms with Gasteiger partial charge >= 0.3 is 0 Å². The predicted molar refractivity (Wildman–Crippen MR) is 607 cm³/mol. The van der Waals surface area contributed by atoms with Crippen molar-refractivity contribution in [3.63, 3.8) is 0 Å². The van der Waals surface area contributed by atoms with Gasteiger partial charge in [0.25, 0.3) is 0 Å². The topological polar surface area (TPSA) is 193 Å². The Balaban J connectivity index is 0.000000104. The molecular formula is C133H85N17. The van der Waals surface area contributed by atoms with Crippen LogP contribution in [0.5, 0.6) is 0 Å². The normalized spacial score (nSPS) is 11.2. The molecule has 0 amide bonds. The molecule has 0 aliphatic rings. The number of aryl methyl sites for hydroxylation is 1. The van der Waals surface area contributed by atoms with Gasteiger partial charge in [0.05, 0.1) is 85.0 Å². The Labute approximate surface area is 862 Å². The fourth-order valence-electron chi connectivity index (χ4n) is 20.3. The van der Waals surface area contributed by atoms with E-state index in [2.05, 4.69) is 254 Å². The van der Waals surface area contributed by atoms with Gasteiger partial charge in [-0.05, 0) is 174 Å². The van der Waals surface area contributed by atoms with Crippen molar-refractivity contribution in [3.05, 3.63) is 526 Å². The Morgan fingerprint density at radius 2 is 0.433 bits per heavy atom. The molecule has 0 fully saturated rings. The summed E-state index contributed by atoms with van der Waals surface area (Å²) in [6.07, 6.45) is 0. The molecule has 0 aliphatic carbocycles. The Morgan fingerprint density at radius 3 is 0.847 bits per heavy atom. The van der Waals surface area contributed by atoms with Gasteiger partial charge in [-0.15, -0.1) is 0 Å². The first-order valence-corrected chi connectivity index (χ1v) is 49.4. The fraction of sp³-hybridized carbons (Fsp3) is 0.00752. The van der Waals surface area contributed by atoms with Crippen LogP contribution in [0, 0.1) is 36.2 Å². The predicted octanol–water partition coefficient (Wildman–Crippen LogP) is 32.4. The van der Waals surface area contributed by atoms with Gasteiger partial charge in [-0.1, -0.05) is 363 Å². The third-order valence-electron chi connectivity index (χ3n) is 27.4. The molecule has 0 aliphatic heterocycles. The van der Waals surface area contributed by atoms with Crippen LogP contribution >= 0.6 is 0 Å². The maximum Gasteiger partial charge on any atom is 0.238 e. The van der Waals surface area contributed by atoms with E-state index in [0.717, 1.165) is 116 Å². The van der Waals surface area contributed by atoms with E-state index in [1.165, 1.54) is 77.1 Å². The summed E-state index contributed by atoms with van der Waals surface area (Å²) in [5, 5.41) is 30.6. The number of rotatable bonds is 14. The number of aromatic nitrogens is 14. The van der Waals surface area contributed by atoms with Crippen molar-refractivity contribution in [2.45, 2.75) is 6.92 Å². The van der Waals surface area contributed by atoms with Crippen molar-refractivity contribution >= 4 is 115 Å². The van der Waals surface area contributed by atoms with E-state index < -0.39 is 0 Å². The lowest BCUT2D eigenvalue weighted by Crippen LogP contribution is -2.06. The summed E-state index contributed by atoms with van der Waals surface area (Å²) in [7, 11) is 0. The molecule has 17 heteroatoms. The minimum Gasteiger partial charge on any atom is -0.309 e. The van der Waals surface area contributed by atoms with Crippen molar-refractivity contribution in [2.24, 2.45) is 0 Å². The smallest absolute Gasteiger partial charge is 0.238 e. The van der Waals surface area contributed by atoms with Crippen LogP contribution in [0.15, 0.2) is 497 Å². The fourth-order valence-corrected chi connectivity index (χ4v) is 20.3. The van der Waals surface area contributed by atoms with E-state index in [-0.39, 0.29) is 0 Å². The first-order valence-electron chi connectivity index (χ1n) is 49.4. The van der Waals surface area contributed by atoms with Crippen molar-refractivity contribution in [2.75, 3.05) is 0 Å². The Hall–Kier alpha value is -21.1. The molecule has 0 saturated carbocycles. The van der Waals surface area contributed by atoms with Crippen LogP contribution in [0.1, 0.15) is 16.7 Å². The van der Waals surface area contributed by atoms with Gasteiger partial charge in [0.15, 0.2) is 46.5 Å². The molecule has 0 atom stereocenters. The number of fused-ring (bicyclic) bond motifs is 15. The molecule has 0 saturated heterocycles. The SMILES string of the molecule is Cc1ccc2c(c1)c1ccc(-c3ccc4c(c3)c3ccccc3n4-c3ccccc3)cc1n2-c1ccc(-c2ccccc2)cc1.N#Cc1ccc2c3ccccc3n(-c3ccc(-c4nc(-c5ccccc5)nc(-c5ccccc5)n4)cc3)c2c1.N#Cc1ccc2c3ccccc3n(-c3nc(-c4ccccc4)nc(-c4ccccc4)n3)c2c1.[C-]#[N+]c1ccc2c(c1)c1ccccc1n2-c1nc(-c2ccccc2)nc(-c2ccccc2)n1. The number of para-hydroxylation sites is 5. The van der Waals surface area contributed by atoms with Crippen LogP contribution in [-0.4, -0.2) is 67.7 Å². The van der Waals surface area contributed by atoms with Crippen LogP contribution in [0.3, 0.4) is 0 Å². The first kappa shape index (κ1) is 90.2. The molecule has 0 radical (unpaired) electrons. The highest BCUT2D eigenvalue weighted by molar-refractivity contribution is 6.15. The summed E-state index contributed by atoms with van der Waals surface area (Å²) in [6, 6.07) is 174. The average Bonchev–Trinajstić information content (AvgIpc) is 1.59. The molecular weight excluding hydrogens is 1840 g/mol. The van der Waals surface area contributed by atoms with Gasteiger partial charge in [-0.25, -0.2) is 29.8 Å². The highest BCUT2D eigenvalue weighted by atomic mass is 15.2. The lowest BCUT2D eigenvalue weighted by molar-refractivity contribution is 0.953. The van der Waals surface area contributed by atoms with Gasteiger partial charge in [-0.3, -0.25) is 9.13 Å². The van der Waals surface area contributed by atoms with E-state index in [1.54, 1.807) is 0 Å². The van der Waals surface area contributed by atoms with E-state index in [9.17, 15) is 10.5 Å². The summed E-state index contributed by atoms with van der Waals surface area (Å²) in [6.45, 7) is 9.60. The summed E-state index contributed by atoms with van der Waals surface area (Å²) < 4.78 is 11.1. The first-order chi connectivity index (χ1) is 74.1. The zero-order valence-corrected chi connectivity index (χ0v) is 80.9. The highest BCUT2D eigenvalue weighted by Gasteiger charge is 2.25. The van der Waals surface area contributed by atoms with E-state index in [0.29, 0.717) is 69.5 Å². The Bertz CT molecular complexity index is 9980. The molecule has 8 heterocycles. The molecule has 28 aromatic rings. The van der Waals surface area contributed by atoms with E-state index in [4.69, 9.17) is 51.4 Å². The second-order valence-corrected chi connectivity index (χ2v) is 36.6. The number of nitrogens with zero attached hydrogens (tertiary/aromatic N) is 17. The molecule has 8 aromatic heterocycles. The largest absolute Gasteiger partial charge is 0.309 e. The Morgan fingerprint density at radius 1 is 0.187 bits per heavy atom. The van der Waals surface area contributed by atoms with Gasteiger partial charge in [-0.2, -0.15) is 30.5 Å². The molecule has 28 rings (SSSR count). The van der Waals surface area contributed by atoms with Gasteiger partial charge in [0.1, 0.15) is 0 Å². The summed E-state index contributed by atoms with van der Waals surface area (Å²) >= 11 is 0. The molecule has 0 bridgehead atoms. The zero-order chi connectivity index (χ0) is 100. The monoisotopic (exact) mass is 1920 g/mol. The lowest BCUT2D eigenvalue weighted by atomic mass is 10.0. The third kappa shape index (κ3) is 17.1. The van der Waals surface area contributed by atoms with Crippen LogP contribution < -0.4 is 0 Å². The van der Waals surface area contributed by atoms with Gasteiger partial charge in [0.2, 0.25) is 11.9 Å². The summed E-state index contributed by atoms with van der Waals surface area (Å²) in [4.78, 5) is 47.3. The maximum absolute atomic E-state index is 9.53. The van der Waals surface area contributed by atoms with Crippen LogP contribution in [0.25, 0.3) is 245 Å². The quantitative estimate of drug-likeness (QED) is 0.0941. The third-order valence-corrected chi connectivity index (χ3v) is 27.4. The van der Waals surface area contributed by atoms with Crippen molar-refractivity contribution in [1.29, 1.82) is 10.5 Å². The highest BCUT2D eigenvalue weighted by Crippen LogP contribution is 2.43. The minimum absolute atomic E-state index is 0.518. The lowest BCUT2D eigenvalue weighted by Gasteiger charge is -2.11. The molecule has 150 heavy (non-hydrogen) atoms. The zero-order valence-electron chi connectivity index (χ0n) is 80.9.